The van der Waals surface area contributed by atoms with Crippen molar-refractivity contribution in [2.75, 3.05) is 13.2 Å². The minimum Gasteiger partial charge on any atom is -0.491 e. The van der Waals surface area contributed by atoms with Crippen molar-refractivity contribution in [3.8, 4) is 5.75 Å². The van der Waals surface area contributed by atoms with E-state index in [1.165, 1.54) is 0 Å². The van der Waals surface area contributed by atoms with Crippen molar-refractivity contribution < 1.29 is 81.8 Å². The predicted octanol–water partition coefficient (Wildman–Crippen LogP) is -0.0475. The maximum atomic E-state index is 10.5. The number of rotatable bonds is 19. The standard InChI is InChI=1S/C10H13NO17S/c11-18-29(12,13)17-9-8-16-20-22-24-26-28-27-25-23-21-19-15-7-6-14-10-4-2-1-3-5-10/h1-5,8-9H,6-7,11H2/b9-8-. The quantitative estimate of drug-likeness (QED) is 0.127. The topological polar surface area (TPSA) is 199 Å². The lowest BCUT2D eigenvalue weighted by atomic mass is 10.3. The highest BCUT2D eigenvalue weighted by Crippen LogP contribution is 2.07. The van der Waals surface area contributed by atoms with Gasteiger partial charge in [-0.1, -0.05) is 18.2 Å². The second-order valence-electron chi connectivity index (χ2n) is 3.63. The van der Waals surface area contributed by atoms with Crippen LogP contribution in [0.1, 0.15) is 0 Å². The van der Waals surface area contributed by atoms with Gasteiger partial charge in [0.2, 0.25) is 0 Å². The molecule has 0 heterocycles. The number of benzene rings is 1. The van der Waals surface area contributed by atoms with Gasteiger partial charge in [-0.25, -0.2) is 4.89 Å². The Balaban J connectivity index is 1.75. The fraction of sp³-hybridized carbons (Fsp3) is 0.200. The molecule has 0 fully saturated rings. The summed E-state index contributed by atoms with van der Waals surface area (Å²) in [5, 5.41) is 37.3. The number of ether oxygens (including phenoxy) is 1. The van der Waals surface area contributed by atoms with E-state index in [2.05, 4.69) is 74.5 Å². The third-order valence-electron chi connectivity index (χ3n) is 1.92. The Kier molecular flexibility index (Phi) is 14.3. The summed E-state index contributed by atoms with van der Waals surface area (Å²) in [7, 11) is -4.39. The molecule has 18 nitrogen and oxygen atoms in total. The van der Waals surface area contributed by atoms with Gasteiger partial charge < -0.3 is 13.8 Å². The van der Waals surface area contributed by atoms with Crippen molar-refractivity contribution >= 4 is 10.4 Å². The molecule has 166 valence electrons. The smallest absolute Gasteiger partial charge is 0.465 e. The Morgan fingerprint density at radius 1 is 0.759 bits per heavy atom. The summed E-state index contributed by atoms with van der Waals surface area (Å²) in [6.07, 6.45) is 0.987. The molecule has 1 aromatic rings. The van der Waals surface area contributed by atoms with Crippen LogP contribution in [0.2, 0.25) is 0 Å². The van der Waals surface area contributed by atoms with E-state index in [0.29, 0.717) is 18.3 Å². The van der Waals surface area contributed by atoms with Crippen molar-refractivity contribution in [1.29, 1.82) is 0 Å². The average Bonchev–Trinajstić information content (AvgIpc) is 2.73. The monoisotopic (exact) mass is 451 g/mol. The first-order valence-corrected chi connectivity index (χ1v) is 8.07. The van der Waals surface area contributed by atoms with Crippen LogP contribution >= 0.6 is 0 Å². The SMILES string of the molecule is NOS(=O)(=O)O/C=C\OOOOOOOOOOOOCCOc1ccccc1. The molecule has 1 rings (SSSR count). The molecule has 0 atom stereocenters. The summed E-state index contributed by atoms with van der Waals surface area (Å²) >= 11 is 0. The van der Waals surface area contributed by atoms with Crippen LogP contribution in [0.4, 0.5) is 0 Å². The van der Waals surface area contributed by atoms with Crippen molar-refractivity contribution in [2.24, 2.45) is 5.90 Å². The summed E-state index contributed by atoms with van der Waals surface area (Å²) < 4.78 is 33.7. The first-order valence-electron chi connectivity index (χ1n) is 6.73. The highest BCUT2D eigenvalue weighted by molar-refractivity contribution is 7.81. The van der Waals surface area contributed by atoms with Gasteiger partial charge in [-0.2, -0.15) is 18.6 Å². The molecular weight excluding hydrogens is 438 g/mol. The Morgan fingerprint density at radius 3 is 1.97 bits per heavy atom. The molecule has 0 aromatic heterocycles. The van der Waals surface area contributed by atoms with Gasteiger partial charge in [-0.3, -0.25) is 0 Å². The van der Waals surface area contributed by atoms with Gasteiger partial charge >= 0.3 is 10.4 Å². The van der Waals surface area contributed by atoms with E-state index in [1.54, 1.807) is 24.3 Å². The van der Waals surface area contributed by atoms with E-state index in [0.717, 1.165) is 0 Å². The molecule has 0 aliphatic carbocycles. The lowest BCUT2D eigenvalue weighted by Gasteiger charge is -2.04. The minimum atomic E-state index is -4.39. The van der Waals surface area contributed by atoms with Gasteiger partial charge in [-0.15, -0.1) is 0 Å². The van der Waals surface area contributed by atoms with E-state index in [9.17, 15) is 8.42 Å². The van der Waals surface area contributed by atoms with Crippen LogP contribution in [0.5, 0.6) is 5.75 Å². The van der Waals surface area contributed by atoms with Crippen LogP contribution in [0.3, 0.4) is 0 Å². The highest BCUT2D eigenvalue weighted by Gasteiger charge is 2.06. The predicted molar refractivity (Wildman–Crippen MR) is 74.2 cm³/mol. The van der Waals surface area contributed by atoms with Gasteiger partial charge in [0.15, 0.2) is 6.26 Å². The van der Waals surface area contributed by atoms with Gasteiger partial charge in [0, 0.05) is 25.2 Å². The summed E-state index contributed by atoms with van der Waals surface area (Å²) in [5.74, 6) is 4.99. The largest absolute Gasteiger partial charge is 0.491 e. The Labute approximate surface area is 160 Å². The third-order valence-corrected chi connectivity index (χ3v) is 2.50. The minimum absolute atomic E-state index is 0.0100. The molecule has 0 aliphatic heterocycles. The van der Waals surface area contributed by atoms with Crippen LogP contribution in [0.15, 0.2) is 42.9 Å². The number of hydrogen-bond donors (Lipinski definition) is 1. The van der Waals surface area contributed by atoms with E-state index in [-0.39, 0.29) is 13.2 Å². The molecule has 0 saturated carbocycles. The molecule has 2 N–H and O–H groups in total. The number of nitrogens with two attached hydrogens (primary N) is 1. The van der Waals surface area contributed by atoms with Gasteiger partial charge in [0.1, 0.15) is 25.2 Å². The molecule has 1 aromatic carbocycles. The summed E-state index contributed by atoms with van der Waals surface area (Å²) in [4.78, 5) is 8.46. The average molecular weight is 451 g/mol. The summed E-state index contributed by atoms with van der Waals surface area (Å²) in [6, 6.07) is 8.95. The third kappa shape index (κ3) is 15.4. The van der Waals surface area contributed by atoms with E-state index in [1.807, 2.05) is 6.07 Å². The lowest BCUT2D eigenvalue weighted by Crippen LogP contribution is -2.11. The molecule has 29 heavy (non-hydrogen) atoms. The van der Waals surface area contributed by atoms with Gasteiger partial charge in [0.25, 0.3) is 0 Å². The fourth-order valence-corrected chi connectivity index (χ4v) is 1.26. The molecule has 0 unspecified atom stereocenters. The molecular formula is C10H13NO17S. The molecule has 0 amide bonds. The van der Waals surface area contributed by atoms with E-state index >= 15 is 0 Å². The van der Waals surface area contributed by atoms with Crippen molar-refractivity contribution in [3.63, 3.8) is 0 Å². The molecule has 0 bridgehead atoms. The van der Waals surface area contributed by atoms with Crippen LogP contribution in [0.25, 0.3) is 0 Å². The van der Waals surface area contributed by atoms with Crippen LogP contribution in [-0.4, -0.2) is 21.6 Å². The van der Waals surface area contributed by atoms with E-state index < -0.39 is 10.4 Å². The molecule has 19 heteroatoms. The zero-order valence-corrected chi connectivity index (χ0v) is 14.7. The first kappa shape index (κ1) is 24.8. The Hall–Kier alpha value is -2.21. The van der Waals surface area contributed by atoms with Gasteiger partial charge in [0.05, 0.1) is 0 Å². The maximum absolute atomic E-state index is 10.5. The van der Waals surface area contributed by atoms with E-state index in [4.69, 9.17) is 4.74 Å². The molecule has 0 spiro atoms. The lowest BCUT2D eigenvalue weighted by molar-refractivity contribution is -0.862. The van der Waals surface area contributed by atoms with Crippen molar-refractivity contribution in [2.45, 2.75) is 0 Å². The Morgan fingerprint density at radius 2 is 1.34 bits per heavy atom. The van der Waals surface area contributed by atoms with Crippen molar-refractivity contribution in [3.05, 3.63) is 42.9 Å². The van der Waals surface area contributed by atoms with Crippen molar-refractivity contribution in [1.82, 2.24) is 0 Å². The summed E-state index contributed by atoms with van der Waals surface area (Å²) in [6.45, 7) is 0.152. The second kappa shape index (κ2) is 16.7. The fourth-order valence-electron chi connectivity index (χ4n) is 1.03. The van der Waals surface area contributed by atoms with Crippen LogP contribution in [0, 0.1) is 0 Å². The molecule has 0 radical (unpaired) electrons. The number of para-hydroxylation sites is 1. The zero-order valence-electron chi connectivity index (χ0n) is 13.9. The van der Waals surface area contributed by atoms with Gasteiger partial charge in [-0.05, 0) is 37.3 Å². The zero-order chi connectivity index (χ0) is 21.0. The second-order valence-corrected chi connectivity index (χ2v) is 4.83. The first-order chi connectivity index (χ1) is 14.1. The normalized spacial score (nSPS) is 11.6. The Bertz CT molecular complexity index is 626. The maximum Gasteiger partial charge on any atom is 0.465 e. The molecule has 0 saturated heterocycles. The summed E-state index contributed by atoms with van der Waals surface area (Å²) in [5.41, 5.74) is 0. The molecule has 0 aliphatic rings. The van der Waals surface area contributed by atoms with Crippen LogP contribution < -0.4 is 10.6 Å². The highest BCUT2D eigenvalue weighted by atomic mass is 32.3. The number of hydrogen-bond acceptors (Lipinski definition) is 18. The van der Waals surface area contributed by atoms with Crippen LogP contribution in [-0.2, 0) is 79.0 Å².